The Bertz CT molecular complexity index is 472. The van der Waals surface area contributed by atoms with E-state index in [4.69, 9.17) is 10.5 Å². The van der Waals surface area contributed by atoms with E-state index in [0.717, 1.165) is 0 Å². The summed E-state index contributed by atoms with van der Waals surface area (Å²) < 4.78 is 1.19. The topological polar surface area (TPSA) is 67.8 Å². The molecule has 74 valence electrons. The standard InChI is InChI=1S/C10H4BrIN2O/c11-8-2-6(1-7(4-13)5-14)3-9(12)10(8)15/h1-3,15H. The Hall–Kier alpha value is -1.05. The maximum Gasteiger partial charge on any atom is 0.143 e. The van der Waals surface area contributed by atoms with Crippen LogP contribution in [-0.2, 0) is 0 Å². The normalized spacial score (nSPS) is 8.80. The highest BCUT2D eigenvalue weighted by Crippen LogP contribution is 2.31. The van der Waals surface area contributed by atoms with Crippen molar-refractivity contribution in [2.24, 2.45) is 0 Å². The van der Waals surface area contributed by atoms with Gasteiger partial charge in [-0.1, -0.05) is 0 Å². The predicted octanol–water partition coefficient (Wildman–Crippen LogP) is 3.19. The fraction of sp³-hybridized carbons (Fsp3) is 0. The number of nitrogens with zero attached hydrogens (tertiary/aromatic N) is 2. The van der Waals surface area contributed by atoms with Crippen molar-refractivity contribution in [1.29, 1.82) is 10.5 Å². The van der Waals surface area contributed by atoms with Gasteiger partial charge in [0.05, 0.1) is 8.04 Å². The maximum absolute atomic E-state index is 9.47. The number of allylic oxidation sites excluding steroid dienone is 1. The molecule has 0 heterocycles. The molecule has 0 aliphatic heterocycles. The van der Waals surface area contributed by atoms with Crippen LogP contribution in [0.1, 0.15) is 5.56 Å². The lowest BCUT2D eigenvalue weighted by atomic mass is 10.1. The number of hydrogen-bond acceptors (Lipinski definition) is 3. The summed E-state index contributed by atoms with van der Waals surface area (Å²) >= 11 is 5.15. The molecule has 0 radical (unpaired) electrons. The second kappa shape index (κ2) is 5.15. The summed E-state index contributed by atoms with van der Waals surface area (Å²) in [6.07, 6.45) is 1.46. The Labute approximate surface area is 109 Å². The van der Waals surface area contributed by atoms with Crippen LogP contribution in [0.25, 0.3) is 6.08 Å². The SMILES string of the molecule is N#CC(C#N)=Cc1cc(Br)c(O)c(I)c1. The third-order valence-corrected chi connectivity index (χ3v) is 3.02. The molecule has 3 nitrogen and oxygen atoms in total. The van der Waals surface area contributed by atoms with E-state index in [-0.39, 0.29) is 11.3 Å². The fourth-order valence-electron chi connectivity index (χ4n) is 0.925. The van der Waals surface area contributed by atoms with E-state index in [9.17, 15) is 5.11 Å². The molecule has 0 spiro atoms. The van der Waals surface area contributed by atoms with Crippen molar-refractivity contribution < 1.29 is 5.11 Å². The second-order valence-electron chi connectivity index (χ2n) is 2.61. The van der Waals surface area contributed by atoms with Crippen molar-refractivity contribution in [2.75, 3.05) is 0 Å². The first kappa shape index (κ1) is 12.0. The maximum atomic E-state index is 9.47. The molecule has 0 unspecified atom stereocenters. The Morgan fingerprint density at radius 1 is 1.40 bits per heavy atom. The minimum Gasteiger partial charge on any atom is -0.506 e. The van der Waals surface area contributed by atoms with E-state index in [0.29, 0.717) is 13.6 Å². The molecule has 0 bridgehead atoms. The first-order chi connectivity index (χ1) is 7.08. The number of hydrogen-bond donors (Lipinski definition) is 1. The molecule has 1 aromatic carbocycles. The third kappa shape index (κ3) is 2.95. The van der Waals surface area contributed by atoms with Gasteiger partial charge >= 0.3 is 0 Å². The number of nitriles is 2. The van der Waals surface area contributed by atoms with E-state index < -0.39 is 0 Å². The molecule has 0 saturated heterocycles. The zero-order chi connectivity index (χ0) is 11.4. The van der Waals surface area contributed by atoms with Crippen molar-refractivity contribution in [3.8, 4) is 17.9 Å². The highest BCUT2D eigenvalue weighted by atomic mass is 127. The van der Waals surface area contributed by atoms with Gasteiger partial charge in [0, 0.05) is 0 Å². The quantitative estimate of drug-likeness (QED) is 0.606. The molecule has 1 N–H and O–H groups in total. The lowest BCUT2D eigenvalue weighted by molar-refractivity contribution is 0.468. The summed E-state index contributed by atoms with van der Waals surface area (Å²) in [6.45, 7) is 0. The molecule has 0 aromatic heterocycles. The summed E-state index contributed by atoms with van der Waals surface area (Å²) in [6, 6.07) is 6.88. The Morgan fingerprint density at radius 2 is 2.00 bits per heavy atom. The van der Waals surface area contributed by atoms with Crippen LogP contribution in [0.15, 0.2) is 22.2 Å². The number of benzene rings is 1. The molecule has 15 heavy (non-hydrogen) atoms. The van der Waals surface area contributed by atoms with Gasteiger partial charge in [-0.25, -0.2) is 0 Å². The average Bonchev–Trinajstić information content (AvgIpc) is 2.22. The minimum atomic E-state index is 0.0309. The molecule has 0 fully saturated rings. The Morgan fingerprint density at radius 3 is 2.47 bits per heavy atom. The monoisotopic (exact) mass is 374 g/mol. The Balaban J connectivity index is 3.26. The van der Waals surface area contributed by atoms with Gasteiger partial charge in [-0.2, -0.15) is 10.5 Å². The summed E-state index contributed by atoms with van der Waals surface area (Å²) in [5.41, 5.74) is 0.727. The van der Waals surface area contributed by atoms with E-state index in [1.807, 2.05) is 22.6 Å². The summed E-state index contributed by atoms with van der Waals surface area (Å²) in [4.78, 5) is 0. The first-order valence-electron chi connectivity index (χ1n) is 3.78. The van der Waals surface area contributed by atoms with Gasteiger partial charge in [0.25, 0.3) is 0 Å². The van der Waals surface area contributed by atoms with E-state index in [1.54, 1.807) is 24.3 Å². The van der Waals surface area contributed by atoms with Gasteiger partial charge in [-0.15, -0.1) is 0 Å². The van der Waals surface area contributed by atoms with Crippen LogP contribution in [-0.4, -0.2) is 5.11 Å². The molecule has 0 atom stereocenters. The molecular formula is C10H4BrIN2O. The van der Waals surface area contributed by atoms with E-state index in [2.05, 4.69) is 15.9 Å². The van der Waals surface area contributed by atoms with Gasteiger partial charge < -0.3 is 5.11 Å². The molecule has 0 saturated carbocycles. The van der Waals surface area contributed by atoms with Crippen LogP contribution in [0.2, 0.25) is 0 Å². The zero-order valence-electron chi connectivity index (χ0n) is 7.33. The van der Waals surface area contributed by atoms with Crippen LogP contribution in [0, 0.1) is 26.2 Å². The summed E-state index contributed by atoms with van der Waals surface area (Å²) in [5.74, 6) is 0.156. The van der Waals surface area contributed by atoms with Gasteiger partial charge in [-0.3, -0.25) is 0 Å². The number of rotatable bonds is 1. The lowest BCUT2D eigenvalue weighted by Gasteiger charge is -2.01. The van der Waals surface area contributed by atoms with Crippen molar-refractivity contribution in [2.45, 2.75) is 0 Å². The molecule has 0 amide bonds. The molecule has 0 aliphatic carbocycles. The van der Waals surface area contributed by atoms with Gasteiger partial charge in [0.1, 0.15) is 23.5 Å². The zero-order valence-corrected chi connectivity index (χ0v) is 11.1. The second-order valence-corrected chi connectivity index (χ2v) is 4.63. The largest absolute Gasteiger partial charge is 0.506 e. The molecule has 1 aromatic rings. The smallest absolute Gasteiger partial charge is 0.143 e. The van der Waals surface area contributed by atoms with Crippen LogP contribution in [0.5, 0.6) is 5.75 Å². The van der Waals surface area contributed by atoms with Crippen molar-refractivity contribution >= 4 is 44.6 Å². The van der Waals surface area contributed by atoms with Crippen LogP contribution in [0.3, 0.4) is 0 Å². The van der Waals surface area contributed by atoms with E-state index in [1.165, 1.54) is 6.08 Å². The highest BCUT2D eigenvalue weighted by molar-refractivity contribution is 14.1. The first-order valence-corrected chi connectivity index (χ1v) is 5.65. The van der Waals surface area contributed by atoms with Crippen molar-refractivity contribution in [3.05, 3.63) is 31.3 Å². The van der Waals surface area contributed by atoms with Crippen LogP contribution in [0.4, 0.5) is 0 Å². The number of halogens is 2. The molecule has 0 aliphatic rings. The van der Waals surface area contributed by atoms with Crippen LogP contribution >= 0.6 is 38.5 Å². The molecular weight excluding hydrogens is 371 g/mol. The molecule has 5 heteroatoms. The number of aromatic hydroxyl groups is 1. The third-order valence-electron chi connectivity index (χ3n) is 1.59. The van der Waals surface area contributed by atoms with Crippen LogP contribution < -0.4 is 0 Å². The van der Waals surface area contributed by atoms with E-state index >= 15 is 0 Å². The minimum absolute atomic E-state index is 0.0309. The highest BCUT2D eigenvalue weighted by Gasteiger charge is 2.05. The Kier molecular flexibility index (Phi) is 4.13. The summed E-state index contributed by atoms with van der Waals surface area (Å²) in [7, 11) is 0. The number of phenolic OH excluding ortho intramolecular Hbond substituents is 1. The van der Waals surface area contributed by atoms with Crippen molar-refractivity contribution in [3.63, 3.8) is 0 Å². The van der Waals surface area contributed by atoms with Gasteiger partial charge in [-0.05, 0) is 62.3 Å². The van der Waals surface area contributed by atoms with Crippen molar-refractivity contribution in [1.82, 2.24) is 0 Å². The number of phenols is 1. The molecule has 1 rings (SSSR count). The summed E-state index contributed by atoms with van der Waals surface area (Å²) in [5, 5.41) is 26.6. The fourth-order valence-corrected chi connectivity index (χ4v) is 2.42. The predicted molar refractivity (Wildman–Crippen MR) is 67.7 cm³/mol. The lowest BCUT2D eigenvalue weighted by Crippen LogP contribution is -1.81. The average molecular weight is 375 g/mol. The van der Waals surface area contributed by atoms with Gasteiger partial charge in [0.2, 0.25) is 0 Å². The van der Waals surface area contributed by atoms with Gasteiger partial charge in [0.15, 0.2) is 0 Å².